The second-order valence-corrected chi connectivity index (χ2v) is 5.99. The maximum Gasteiger partial charge on any atom is 0.265 e. The van der Waals surface area contributed by atoms with E-state index >= 15 is 0 Å². The molecule has 0 radical (unpaired) electrons. The van der Waals surface area contributed by atoms with Crippen LogP contribution in [-0.4, -0.2) is 18.8 Å². The lowest BCUT2D eigenvalue weighted by Crippen LogP contribution is -2.38. The van der Waals surface area contributed by atoms with Crippen molar-refractivity contribution in [2.75, 3.05) is 11.5 Å². The second kappa shape index (κ2) is 5.85. The van der Waals surface area contributed by atoms with Crippen LogP contribution in [0, 0.1) is 3.57 Å². The molecule has 0 fully saturated rings. The minimum absolute atomic E-state index is 0.0252. The zero-order valence-electron chi connectivity index (χ0n) is 11.1. The van der Waals surface area contributed by atoms with Gasteiger partial charge in [-0.3, -0.25) is 9.59 Å². The fourth-order valence-corrected chi connectivity index (χ4v) is 2.89. The molecule has 0 aromatic heterocycles. The Morgan fingerprint density at radius 3 is 2.86 bits per heavy atom. The summed E-state index contributed by atoms with van der Waals surface area (Å²) in [4.78, 5) is 24.8. The highest BCUT2D eigenvalue weighted by Gasteiger charge is 2.25. The topological polar surface area (TPSA) is 46.6 Å². The van der Waals surface area contributed by atoms with Gasteiger partial charge in [0.2, 0.25) is 0 Å². The number of fused-ring (bicyclic) bond motifs is 1. The highest BCUT2D eigenvalue weighted by molar-refractivity contribution is 14.1. The van der Waals surface area contributed by atoms with Crippen LogP contribution < -0.4 is 9.64 Å². The fourth-order valence-electron chi connectivity index (χ4n) is 2.28. The van der Waals surface area contributed by atoms with E-state index in [9.17, 15) is 9.59 Å². The number of halogens is 1. The van der Waals surface area contributed by atoms with Gasteiger partial charge >= 0.3 is 0 Å². The van der Waals surface area contributed by atoms with Crippen LogP contribution >= 0.6 is 22.6 Å². The molecule has 3 rings (SSSR count). The molecule has 0 unspecified atom stereocenters. The average molecular weight is 393 g/mol. The average Bonchev–Trinajstić information content (AvgIpc) is 2.50. The summed E-state index contributed by atoms with van der Waals surface area (Å²) in [6.45, 7) is 0.492. The van der Waals surface area contributed by atoms with Gasteiger partial charge in [-0.05, 0) is 58.5 Å². The van der Waals surface area contributed by atoms with Crippen LogP contribution in [0.1, 0.15) is 15.9 Å². The van der Waals surface area contributed by atoms with Gasteiger partial charge in [0.1, 0.15) is 12.0 Å². The van der Waals surface area contributed by atoms with E-state index in [-0.39, 0.29) is 12.5 Å². The van der Waals surface area contributed by atoms with E-state index < -0.39 is 0 Å². The summed E-state index contributed by atoms with van der Waals surface area (Å²) in [7, 11) is 0. The van der Waals surface area contributed by atoms with Gasteiger partial charge in [0, 0.05) is 9.13 Å². The Balaban J connectivity index is 1.98. The Hall–Kier alpha value is -1.89. The van der Waals surface area contributed by atoms with Crippen molar-refractivity contribution in [3.8, 4) is 5.75 Å². The number of aldehydes is 1. The highest BCUT2D eigenvalue weighted by Crippen LogP contribution is 2.33. The maximum atomic E-state index is 12.2. The first kappa shape index (κ1) is 14.1. The lowest BCUT2D eigenvalue weighted by atomic mass is 10.1. The zero-order chi connectivity index (χ0) is 14.8. The number of nitrogens with zero attached hydrogens (tertiary/aromatic N) is 1. The van der Waals surface area contributed by atoms with Gasteiger partial charge in [-0.2, -0.15) is 0 Å². The number of carbonyl (C=O) groups excluding carboxylic acids is 2. The molecule has 0 saturated carbocycles. The highest BCUT2D eigenvalue weighted by atomic mass is 127. The molecule has 5 heteroatoms. The maximum absolute atomic E-state index is 12.2. The smallest absolute Gasteiger partial charge is 0.265 e. The van der Waals surface area contributed by atoms with Gasteiger partial charge in [-0.25, -0.2) is 0 Å². The molecule has 1 heterocycles. The Bertz CT molecular complexity index is 714. The van der Waals surface area contributed by atoms with Crippen LogP contribution in [0.2, 0.25) is 0 Å². The van der Waals surface area contributed by atoms with E-state index in [1.165, 1.54) is 0 Å². The van der Waals surface area contributed by atoms with Crippen molar-refractivity contribution < 1.29 is 14.3 Å². The summed E-state index contributed by atoms with van der Waals surface area (Å²) >= 11 is 2.24. The molecule has 1 aliphatic heterocycles. The van der Waals surface area contributed by atoms with Crippen LogP contribution in [0.3, 0.4) is 0 Å². The Kier molecular flexibility index (Phi) is 3.92. The molecular formula is C16H12INO3. The summed E-state index contributed by atoms with van der Waals surface area (Å²) in [6.07, 6.45) is 0.767. The van der Waals surface area contributed by atoms with Crippen LogP contribution in [0.4, 0.5) is 5.69 Å². The number of benzene rings is 2. The lowest BCUT2D eigenvalue weighted by molar-refractivity contribution is -0.121. The summed E-state index contributed by atoms with van der Waals surface area (Å²) in [5, 5.41) is 0. The zero-order valence-corrected chi connectivity index (χ0v) is 13.2. The third-order valence-electron chi connectivity index (χ3n) is 3.29. The van der Waals surface area contributed by atoms with Crippen LogP contribution in [0.15, 0.2) is 42.5 Å². The van der Waals surface area contributed by atoms with E-state index in [4.69, 9.17) is 4.74 Å². The van der Waals surface area contributed by atoms with Crippen molar-refractivity contribution in [2.24, 2.45) is 0 Å². The van der Waals surface area contributed by atoms with E-state index in [2.05, 4.69) is 22.6 Å². The number of hydrogen-bond acceptors (Lipinski definition) is 3. The molecule has 1 amide bonds. The first-order chi connectivity index (χ1) is 10.2. The predicted octanol–water partition coefficient (Wildman–Crippen LogP) is 3.03. The Morgan fingerprint density at radius 1 is 1.24 bits per heavy atom. The molecule has 21 heavy (non-hydrogen) atoms. The van der Waals surface area contributed by atoms with Crippen molar-refractivity contribution >= 4 is 40.5 Å². The van der Waals surface area contributed by atoms with Crippen molar-refractivity contribution in [3.63, 3.8) is 0 Å². The summed E-state index contributed by atoms with van der Waals surface area (Å²) in [6, 6.07) is 13.1. The molecule has 106 valence electrons. The number of ether oxygens (including phenoxy) is 1. The van der Waals surface area contributed by atoms with Crippen molar-refractivity contribution in [1.82, 2.24) is 0 Å². The molecular weight excluding hydrogens is 381 g/mol. The molecule has 0 N–H and O–H groups in total. The van der Waals surface area contributed by atoms with Gasteiger partial charge in [-0.1, -0.05) is 12.1 Å². The minimum atomic E-state index is -0.107. The van der Waals surface area contributed by atoms with Gasteiger partial charge < -0.3 is 9.64 Å². The molecule has 0 saturated heterocycles. The number of carbonyl (C=O) groups is 2. The normalized spacial score (nSPS) is 13.6. The molecule has 0 atom stereocenters. The number of amides is 1. The van der Waals surface area contributed by atoms with Crippen molar-refractivity contribution in [3.05, 3.63) is 57.2 Å². The Labute approximate surface area is 135 Å². The van der Waals surface area contributed by atoms with Crippen LogP contribution in [0.25, 0.3) is 0 Å². The lowest BCUT2D eigenvalue weighted by Gasteiger charge is -2.29. The Morgan fingerprint density at radius 2 is 2.10 bits per heavy atom. The predicted molar refractivity (Wildman–Crippen MR) is 87.7 cm³/mol. The van der Waals surface area contributed by atoms with E-state index in [0.29, 0.717) is 23.5 Å². The first-order valence-electron chi connectivity index (χ1n) is 6.44. The molecule has 2 aromatic carbocycles. The molecule has 1 aliphatic rings. The number of anilines is 1. The molecule has 2 aromatic rings. The SMILES string of the molecule is O=Cc1ccc2c(c1)N(Cc1cccc(I)c1)C(=O)CO2. The third kappa shape index (κ3) is 2.92. The first-order valence-corrected chi connectivity index (χ1v) is 7.52. The van der Waals surface area contributed by atoms with Crippen molar-refractivity contribution in [2.45, 2.75) is 6.54 Å². The summed E-state index contributed by atoms with van der Waals surface area (Å²) in [5.74, 6) is 0.523. The second-order valence-electron chi connectivity index (χ2n) is 4.74. The van der Waals surface area contributed by atoms with E-state index in [0.717, 1.165) is 15.4 Å². The minimum Gasteiger partial charge on any atom is -0.482 e. The van der Waals surface area contributed by atoms with Gasteiger partial charge in [0.25, 0.3) is 5.91 Å². The molecule has 0 aliphatic carbocycles. The van der Waals surface area contributed by atoms with E-state index in [1.807, 2.05) is 24.3 Å². The van der Waals surface area contributed by atoms with Crippen LogP contribution in [0.5, 0.6) is 5.75 Å². The largest absolute Gasteiger partial charge is 0.482 e. The molecule has 4 nitrogen and oxygen atoms in total. The third-order valence-corrected chi connectivity index (χ3v) is 3.96. The monoisotopic (exact) mass is 393 g/mol. The van der Waals surface area contributed by atoms with Gasteiger partial charge in [-0.15, -0.1) is 0 Å². The molecule has 0 spiro atoms. The molecule has 0 bridgehead atoms. The number of rotatable bonds is 3. The van der Waals surface area contributed by atoms with E-state index in [1.54, 1.807) is 23.1 Å². The van der Waals surface area contributed by atoms with Crippen LogP contribution in [-0.2, 0) is 11.3 Å². The fraction of sp³-hybridized carbons (Fsp3) is 0.125. The van der Waals surface area contributed by atoms with Crippen molar-refractivity contribution in [1.29, 1.82) is 0 Å². The summed E-state index contributed by atoms with van der Waals surface area (Å²) in [5.41, 5.74) is 2.22. The summed E-state index contributed by atoms with van der Waals surface area (Å²) < 4.78 is 6.54. The number of hydrogen-bond donors (Lipinski definition) is 0. The van der Waals surface area contributed by atoms with Gasteiger partial charge in [0.05, 0.1) is 12.2 Å². The standard InChI is InChI=1S/C16H12INO3/c17-13-3-1-2-11(6-13)8-18-14-7-12(9-19)4-5-15(14)21-10-16(18)20/h1-7,9H,8,10H2. The van der Waals surface area contributed by atoms with Gasteiger partial charge in [0.15, 0.2) is 6.61 Å². The quantitative estimate of drug-likeness (QED) is 0.595.